The maximum Gasteiger partial charge on any atom is 0.270 e. The molecule has 1 amide bonds. The first-order chi connectivity index (χ1) is 8.15. The molecule has 17 heavy (non-hydrogen) atoms. The molecule has 0 aliphatic rings. The third-order valence-electron chi connectivity index (χ3n) is 2.11. The Balaban J connectivity index is 1.98. The van der Waals surface area contributed by atoms with Crippen molar-refractivity contribution in [2.45, 2.75) is 13.5 Å². The molecule has 0 atom stereocenters. The SMILES string of the molecule is Cc1cc(CNC(=O)c2cccc(N)n2)no1. The molecule has 3 N–H and O–H groups in total. The van der Waals surface area contributed by atoms with Gasteiger partial charge in [-0.2, -0.15) is 0 Å². The van der Waals surface area contributed by atoms with Crippen LogP contribution in [0, 0.1) is 6.92 Å². The largest absolute Gasteiger partial charge is 0.384 e. The van der Waals surface area contributed by atoms with Crippen molar-refractivity contribution in [3.05, 3.63) is 41.4 Å². The molecule has 2 heterocycles. The Kier molecular flexibility index (Phi) is 3.04. The van der Waals surface area contributed by atoms with Crippen molar-refractivity contribution in [1.82, 2.24) is 15.5 Å². The number of nitrogens with two attached hydrogens (primary N) is 1. The summed E-state index contributed by atoms with van der Waals surface area (Å²) in [6.07, 6.45) is 0. The van der Waals surface area contributed by atoms with Crippen molar-refractivity contribution in [3.8, 4) is 0 Å². The summed E-state index contributed by atoms with van der Waals surface area (Å²) in [4.78, 5) is 15.6. The standard InChI is InChI=1S/C11H12N4O2/c1-7-5-8(15-17-7)6-13-11(16)9-3-2-4-10(12)14-9/h2-5H,6H2,1H3,(H2,12,14)(H,13,16). The Morgan fingerprint density at radius 3 is 3.00 bits per heavy atom. The molecule has 0 aliphatic heterocycles. The predicted octanol–water partition coefficient (Wildman–Crippen LogP) is 0.890. The highest BCUT2D eigenvalue weighted by Crippen LogP contribution is 2.03. The number of nitrogens with one attached hydrogen (secondary N) is 1. The van der Waals surface area contributed by atoms with Crippen LogP contribution in [0.2, 0.25) is 0 Å². The van der Waals surface area contributed by atoms with Gasteiger partial charge in [-0.25, -0.2) is 4.98 Å². The van der Waals surface area contributed by atoms with E-state index in [0.29, 0.717) is 23.8 Å². The van der Waals surface area contributed by atoms with E-state index in [-0.39, 0.29) is 11.6 Å². The Labute approximate surface area is 97.8 Å². The Hall–Kier alpha value is -2.37. The van der Waals surface area contributed by atoms with Crippen LogP contribution in [0.5, 0.6) is 0 Å². The van der Waals surface area contributed by atoms with Crippen LogP contribution in [-0.2, 0) is 6.54 Å². The van der Waals surface area contributed by atoms with E-state index in [9.17, 15) is 4.79 Å². The van der Waals surface area contributed by atoms with E-state index in [1.807, 2.05) is 0 Å². The number of aryl methyl sites for hydroxylation is 1. The van der Waals surface area contributed by atoms with Gasteiger partial charge in [0.2, 0.25) is 0 Å². The van der Waals surface area contributed by atoms with Gasteiger partial charge in [-0.3, -0.25) is 4.79 Å². The van der Waals surface area contributed by atoms with Crippen molar-refractivity contribution in [1.29, 1.82) is 0 Å². The lowest BCUT2D eigenvalue weighted by molar-refractivity contribution is 0.0945. The van der Waals surface area contributed by atoms with Gasteiger partial charge in [0.15, 0.2) is 0 Å². The molecule has 6 nitrogen and oxygen atoms in total. The van der Waals surface area contributed by atoms with Gasteiger partial charge in [-0.05, 0) is 19.1 Å². The summed E-state index contributed by atoms with van der Waals surface area (Å²) in [7, 11) is 0. The quantitative estimate of drug-likeness (QED) is 0.819. The third-order valence-corrected chi connectivity index (χ3v) is 2.11. The number of carbonyl (C=O) groups is 1. The summed E-state index contributed by atoms with van der Waals surface area (Å²) < 4.78 is 4.88. The van der Waals surface area contributed by atoms with Gasteiger partial charge >= 0.3 is 0 Å². The number of anilines is 1. The fourth-order valence-electron chi connectivity index (χ4n) is 1.34. The molecule has 88 valence electrons. The third kappa shape index (κ3) is 2.81. The van der Waals surface area contributed by atoms with Gasteiger partial charge in [0.25, 0.3) is 5.91 Å². The minimum Gasteiger partial charge on any atom is -0.384 e. The first-order valence-electron chi connectivity index (χ1n) is 5.08. The summed E-state index contributed by atoms with van der Waals surface area (Å²) in [6, 6.07) is 6.65. The van der Waals surface area contributed by atoms with E-state index in [1.54, 1.807) is 31.2 Å². The number of hydrogen-bond acceptors (Lipinski definition) is 5. The van der Waals surface area contributed by atoms with E-state index in [1.165, 1.54) is 0 Å². The molecule has 0 unspecified atom stereocenters. The zero-order chi connectivity index (χ0) is 12.3. The smallest absolute Gasteiger partial charge is 0.270 e. The van der Waals surface area contributed by atoms with Gasteiger partial charge in [0.05, 0.1) is 6.54 Å². The van der Waals surface area contributed by atoms with E-state index in [4.69, 9.17) is 10.3 Å². The van der Waals surface area contributed by atoms with Crippen molar-refractivity contribution >= 4 is 11.7 Å². The molecule has 6 heteroatoms. The molecule has 2 rings (SSSR count). The highest BCUT2D eigenvalue weighted by atomic mass is 16.5. The molecule has 0 fully saturated rings. The topological polar surface area (TPSA) is 94.0 Å². The average molecular weight is 232 g/mol. The van der Waals surface area contributed by atoms with Crippen LogP contribution in [0.1, 0.15) is 21.9 Å². The van der Waals surface area contributed by atoms with Crippen molar-refractivity contribution in [3.63, 3.8) is 0 Å². The van der Waals surface area contributed by atoms with Crippen molar-refractivity contribution in [2.24, 2.45) is 0 Å². The monoisotopic (exact) mass is 232 g/mol. The fraction of sp³-hybridized carbons (Fsp3) is 0.182. The highest BCUT2D eigenvalue weighted by Gasteiger charge is 2.08. The summed E-state index contributed by atoms with van der Waals surface area (Å²) in [5.41, 5.74) is 6.44. The lowest BCUT2D eigenvalue weighted by atomic mass is 10.3. The number of carbonyl (C=O) groups excluding carboxylic acids is 1. The van der Waals surface area contributed by atoms with Gasteiger partial charge < -0.3 is 15.6 Å². The first-order valence-corrected chi connectivity index (χ1v) is 5.08. The normalized spacial score (nSPS) is 10.2. The maximum absolute atomic E-state index is 11.7. The van der Waals surface area contributed by atoms with E-state index in [2.05, 4.69) is 15.5 Å². The number of rotatable bonds is 3. The molecule has 0 saturated carbocycles. The van der Waals surface area contributed by atoms with Gasteiger partial charge in [0, 0.05) is 6.07 Å². The molecule has 2 aromatic heterocycles. The van der Waals surface area contributed by atoms with Crippen molar-refractivity contribution < 1.29 is 9.32 Å². The van der Waals surface area contributed by atoms with Crippen LogP contribution in [0.3, 0.4) is 0 Å². The van der Waals surface area contributed by atoms with Crippen LogP contribution >= 0.6 is 0 Å². The number of pyridine rings is 1. The van der Waals surface area contributed by atoms with E-state index >= 15 is 0 Å². The predicted molar refractivity (Wildman–Crippen MR) is 61.1 cm³/mol. The molecular formula is C11H12N4O2. The lowest BCUT2D eigenvalue weighted by Crippen LogP contribution is -2.24. The Morgan fingerprint density at radius 2 is 2.35 bits per heavy atom. The number of amides is 1. The van der Waals surface area contributed by atoms with Gasteiger partial charge in [-0.1, -0.05) is 11.2 Å². The molecule has 0 radical (unpaired) electrons. The lowest BCUT2D eigenvalue weighted by Gasteiger charge is -2.02. The second kappa shape index (κ2) is 4.65. The molecule has 2 aromatic rings. The van der Waals surface area contributed by atoms with Gasteiger partial charge in [-0.15, -0.1) is 0 Å². The van der Waals surface area contributed by atoms with Crippen LogP contribution in [0.25, 0.3) is 0 Å². The number of hydrogen-bond donors (Lipinski definition) is 2. The molecule has 0 spiro atoms. The van der Waals surface area contributed by atoms with Crippen LogP contribution in [0.15, 0.2) is 28.8 Å². The summed E-state index contributed by atoms with van der Waals surface area (Å²) in [6.45, 7) is 2.09. The summed E-state index contributed by atoms with van der Waals surface area (Å²) in [5.74, 6) is 0.726. The number of nitrogen functional groups attached to an aromatic ring is 1. The minimum absolute atomic E-state index is 0.283. The van der Waals surface area contributed by atoms with E-state index in [0.717, 1.165) is 0 Å². The fourth-order valence-corrected chi connectivity index (χ4v) is 1.34. The second-order valence-corrected chi connectivity index (χ2v) is 3.56. The highest BCUT2D eigenvalue weighted by molar-refractivity contribution is 5.92. The summed E-state index contributed by atoms with van der Waals surface area (Å²) >= 11 is 0. The molecule has 0 saturated heterocycles. The Morgan fingerprint density at radius 1 is 1.53 bits per heavy atom. The first kappa shape index (κ1) is 11.1. The van der Waals surface area contributed by atoms with Crippen LogP contribution in [-0.4, -0.2) is 16.0 Å². The zero-order valence-electron chi connectivity index (χ0n) is 9.30. The number of nitrogens with zero attached hydrogens (tertiary/aromatic N) is 2. The van der Waals surface area contributed by atoms with Crippen LogP contribution in [0.4, 0.5) is 5.82 Å². The van der Waals surface area contributed by atoms with Crippen LogP contribution < -0.4 is 11.1 Å². The zero-order valence-corrected chi connectivity index (χ0v) is 9.30. The summed E-state index contributed by atoms with van der Waals surface area (Å²) in [5, 5.41) is 6.44. The molecular weight excluding hydrogens is 220 g/mol. The number of aromatic nitrogens is 2. The second-order valence-electron chi connectivity index (χ2n) is 3.56. The van der Waals surface area contributed by atoms with Crippen molar-refractivity contribution in [2.75, 3.05) is 5.73 Å². The minimum atomic E-state index is -0.294. The molecule has 0 bridgehead atoms. The molecule has 0 aromatic carbocycles. The Bertz CT molecular complexity index is 536. The maximum atomic E-state index is 11.7. The van der Waals surface area contributed by atoms with Gasteiger partial charge in [0.1, 0.15) is 23.0 Å². The van der Waals surface area contributed by atoms with E-state index < -0.39 is 0 Å². The average Bonchev–Trinajstić information content (AvgIpc) is 2.72. The molecule has 0 aliphatic carbocycles.